The Morgan fingerprint density at radius 2 is 2.04 bits per heavy atom. The monoisotopic (exact) mass is 321 g/mol. The molecule has 0 spiro atoms. The van der Waals surface area contributed by atoms with Crippen LogP contribution in [0.2, 0.25) is 0 Å². The van der Waals surface area contributed by atoms with Crippen LogP contribution in [-0.2, 0) is 14.9 Å². The van der Waals surface area contributed by atoms with Gasteiger partial charge in [-0.2, -0.15) is 0 Å². The van der Waals surface area contributed by atoms with Gasteiger partial charge in [0.15, 0.2) is 11.5 Å². The Bertz CT molecular complexity index is 528. The minimum atomic E-state index is -0.196. The Morgan fingerprint density at radius 3 is 2.83 bits per heavy atom. The SMILES string of the molecule is CCCCCOCC(=O)NCC(C)(C)c1ccc2c(c1)OCO2. The van der Waals surface area contributed by atoms with E-state index in [1.165, 1.54) is 0 Å². The number of hydrogen-bond donors (Lipinski definition) is 1. The molecule has 0 atom stereocenters. The summed E-state index contributed by atoms with van der Waals surface area (Å²) in [6, 6.07) is 5.91. The summed E-state index contributed by atoms with van der Waals surface area (Å²) in [6.45, 7) is 7.91. The maximum Gasteiger partial charge on any atom is 0.246 e. The molecule has 0 fully saturated rings. The third kappa shape index (κ3) is 5.13. The van der Waals surface area contributed by atoms with Crippen LogP contribution in [0.15, 0.2) is 18.2 Å². The number of benzene rings is 1. The third-order valence-corrected chi connectivity index (χ3v) is 4.01. The lowest BCUT2D eigenvalue weighted by atomic mass is 9.84. The minimum absolute atomic E-state index is 0.0738. The number of nitrogens with one attached hydrogen (secondary N) is 1. The fourth-order valence-electron chi connectivity index (χ4n) is 2.41. The molecule has 1 aliphatic heterocycles. The third-order valence-electron chi connectivity index (χ3n) is 4.01. The van der Waals surface area contributed by atoms with E-state index in [1.54, 1.807) is 0 Å². The van der Waals surface area contributed by atoms with Crippen LogP contribution in [-0.4, -0.2) is 32.5 Å². The lowest BCUT2D eigenvalue weighted by molar-refractivity contribution is -0.125. The summed E-state index contributed by atoms with van der Waals surface area (Å²) in [7, 11) is 0. The predicted molar refractivity (Wildman–Crippen MR) is 88.9 cm³/mol. The molecule has 1 heterocycles. The Kier molecular flexibility index (Phi) is 6.28. The topological polar surface area (TPSA) is 56.8 Å². The maximum atomic E-state index is 11.9. The summed E-state index contributed by atoms with van der Waals surface area (Å²) in [5.41, 5.74) is 0.907. The van der Waals surface area contributed by atoms with Crippen molar-refractivity contribution in [3.05, 3.63) is 23.8 Å². The molecule has 23 heavy (non-hydrogen) atoms. The van der Waals surface area contributed by atoms with E-state index in [-0.39, 0.29) is 24.7 Å². The van der Waals surface area contributed by atoms with Gasteiger partial charge in [0.05, 0.1) is 0 Å². The zero-order chi connectivity index (χ0) is 16.7. The van der Waals surface area contributed by atoms with E-state index in [1.807, 2.05) is 18.2 Å². The van der Waals surface area contributed by atoms with Crippen molar-refractivity contribution in [2.24, 2.45) is 0 Å². The van der Waals surface area contributed by atoms with E-state index in [9.17, 15) is 4.79 Å². The van der Waals surface area contributed by atoms with Crippen LogP contribution < -0.4 is 14.8 Å². The fraction of sp³-hybridized carbons (Fsp3) is 0.611. The highest BCUT2D eigenvalue weighted by atomic mass is 16.7. The number of fused-ring (bicyclic) bond motifs is 1. The fourth-order valence-corrected chi connectivity index (χ4v) is 2.41. The number of hydrogen-bond acceptors (Lipinski definition) is 4. The van der Waals surface area contributed by atoms with Gasteiger partial charge >= 0.3 is 0 Å². The summed E-state index contributed by atoms with van der Waals surface area (Å²) in [6.07, 6.45) is 3.30. The van der Waals surface area contributed by atoms with Gasteiger partial charge in [-0.05, 0) is 24.1 Å². The number of amides is 1. The Hall–Kier alpha value is -1.75. The molecule has 128 valence electrons. The molecular formula is C18H27NO4. The summed E-state index contributed by atoms with van der Waals surface area (Å²) in [5, 5.41) is 2.94. The van der Waals surface area contributed by atoms with Gasteiger partial charge in [0.25, 0.3) is 0 Å². The average Bonchev–Trinajstić information content (AvgIpc) is 3.00. The highest BCUT2D eigenvalue weighted by Gasteiger charge is 2.24. The van der Waals surface area contributed by atoms with Gasteiger partial charge in [-0.3, -0.25) is 4.79 Å². The summed E-state index contributed by atoms with van der Waals surface area (Å²) >= 11 is 0. The van der Waals surface area contributed by atoms with Crippen molar-refractivity contribution in [1.29, 1.82) is 0 Å². The predicted octanol–water partition coefficient (Wildman–Crippen LogP) is 3.02. The number of ether oxygens (including phenoxy) is 3. The summed E-state index contributed by atoms with van der Waals surface area (Å²) in [4.78, 5) is 11.9. The lowest BCUT2D eigenvalue weighted by Gasteiger charge is -2.26. The van der Waals surface area contributed by atoms with E-state index in [2.05, 4.69) is 26.1 Å². The van der Waals surface area contributed by atoms with Crippen LogP contribution >= 0.6 is 0 Å². The molecule has 0 bridgehead atoms. The first-order valence-electron chi connectivity index (χ1n) is 8.27. The van der Waals surface area contributed by atoms with E-state index in [0.29, 0.717) is 13.2 Å². The molecule has 5 heteroatoms. The zero-order valence-electron chi connectivity index (χ0n) is 14.3. The second-order valence-electron chi connectivity index (χ2n) is 6.49. The molecule has 1 aromatic carbocycles. The normalized spacial score (nSPS) is 13.2. The first-order chi connectivity index (χ1) is 11.0. The molecule has 0 saturated carbocycles. The Labute approximate surface area is 138 Å². The van der Waals surface area contributed by atoms with Crippen molar-refractivity contribution in [2.45, 2.75) is 45.4 Å². The van der Waals surface area contributed by atoms with Crippen LogP contribution in [0.5, 0.6) is 11.5 Å². The Balaban J connectivity index is 1.78. The van der Waals surface area contributed by atoms with Crippen LogP contribution in [0.1, 0.15) is 45.6 Å². The molecule has 0 radical (unpaired) electrons. The second kappa shape index (κ2) is 8.20. The van der Waals surface area contributed by atoms with Gasteiger partial charge in [-0.25, -0.2) is 0 Å². The standard InChI is InChI=1S/C18H27NO4/c1-4-5-6-9-21-11-17(20)19-12-18(2,3)14-7-8-15-16(10-14)23-13-22-15/h7-8,10H,4-6,9,11-13H2,1-3H3,(H,19,20). The Morgan fingerprint density at radius 1 is 1.26 bits per heavy atom. The van der Waals surface area contributed by atoms with E-state index >= 15 is 0 Å². The molecule has 1 aromatic rings. The zero-order valence-corrected chi connectivity index (χ0v) is 14.3. The van der Waals surface area contributed by atoms with Gasteiger partial charge in [-0.1, -0.05) is 39.7 Å². The molecule has 5 nitrogen and oxygen atoms in total. The molecule has 1 amide bonds. The summed E-state index contributed by atoms with van der Waals surface area (Å²) in [5.74, 6) is 1.46. The van der Waals surface area contributed by atoms with Crippen molar-refractivity contribution >= 4 is 5.91 Å². The van der Waals surface area contributed by atoms with Crippen LogP contribution in [0.4, 0.5) is 0 Å². The molecule has 0 saturated heterocycles. The van der Waals surface area contributed by atoms with Crippen LogP contribution in [0.25, 0.3) is 0 Å². The van der Waals surface area contributed by atoms with E-state index < -0.39 is 0 Å². The van der Waals surface area contributed by atoms with Crippen molar-refractivity contribution in [2.75, 3.05) is 26.6 Å². The first kappa shape index (κ1) is 17.6. The second-order valence-corrected chi connectivity index (χ2v) is 6.49. The molecule has 0 aromatic heterocycles. The van der Waals surface area contributed by atoms with Crippen molar-refractivity contribution in [3.8, 4) is 11.5 Å². The largest absolute Gasteiger partial charge is 0.454 e. The maximum absolute atomic E-state index is 11.9. The average molecular weight is 321 g/mol. The number of carbonyl (C=O) groups is 1. The van der Waals surface area contributed by atoms with Crippen LogP contribution in [0.3, 0.4) is 0 Å². The van der Waals surface area contributed by atoms with E-state index in [4.69, 9.17) is 14.2 Å². The van der Waals surface area contributed by atoms with Crippen LogP contribution in [0, 0.1) is 0 Å². The van der Waals surface area contributed by atoms with Crippen molar-refractivity contribution in [1.82, 2.24) is 5.32 Å². The highest BCUT2D eigenvalue weighted by molar-refractivity contribution is 5.77. The molecule has 0 aliphatic carbocycles. The van der Waals surface area contributed by atoms with E-state index in [0.717, 1.165) is 36.3 Å². The molecular weight excluding hydrogens is 294 g/mol. The van der Waals surface area contributed by atoms with Gasteiger partial charge in [0.2, 0.25) is 12.7 Å². The molecule has 1 aliphatic rings. The van der Waals surface area contributed by atoms with Gasteiger partial charge in [0.1, 0.15) is 6.61 Å². The van der Waals surface area contributed by atoms with Gasteiger partial charge < -0.3 is 19.5 Å². The van der Waals surface area contributed by atoms with Gasteiger partial charge in [0, 0.05) is 18.6 Å². The molecule has 1 N–H and O–H groups in total. The smallest absolute Gasteiger partial charge is 0.246 e. The lowest BCUT2D eigenvalue weighted by Crippen LogP contribution is -2.38. The summed E-state index contributed by atoms with van der Waals surface area (Å²) < 4.78 is 16.1. The van der Waals surface area contributed by atoms with Gasteiger partial charge in [-0.15, -0.1) is 0 Å². The molecule has 2 rings (SSSR count). The number of unbranched alkanes of at least 4 members (excludes halogenated alkanes) is 2. The van der Waals surface area contributed by atoms with Crippen molar-refractivity contribution in [3.63, 3.8) is 0 Å². The quantitative estimate of drug-likeness (QED) is 0.710. The van der Waals surface area contributed by atoms with Crippen molar-refractivity contribution < 1.29 is 19.0 Å². The highest BCUT2D eigenvalue weighted by Crippen LogP contribution is 2.36. The number of rotatable bonds is 9. The minimum Gasteiger partial charge on any atom is -0.454 e. The first-order valence-corrected chi connectivity index (χ1v) is 8.27. The number of carbonyl (C=O) groups excluding carboxylic acids is 1. The molecule has 0 unspecified atom stereocenters.